The Hall–Kier alpha value is -3.81. The summed E-state index contributed by atoms with van der Waals surface area (Å²) in [5.41, 5.74) is 5.69. The van der Waals surface area contributed by atoms with Crippen molar-refractivity contribution in [3.8, 4) is 11.5 Å². The number of rotatable bonds is 9. The minimum absolute atomic E-state index is 0.290. The third-order valence-corrected chi connectivity index (χ3v) is 5.61. The molecule has 8 heteroatoms. The van der Waals surface area contributed by atoms with Crippen LogP contribution in [0.25, 0.3) is 0 Å². The summed E-state index contributed by atoms with van der Waals surface area (Å²) in [7, 11) is 1.94. The molecule has 0 bridgehead atoms. The molecule has 1 aromatic heterocycles. The zero-order chi connectivity index (χ0) is 25.4. The minimum Gasteiger partial charge on any atom is -0.490 e. The van der Waals surface area contributed by atoms with Gasteiger partial charge in [-0.05, 0) is 82.5 Å². The summed E-state index contributed by atoms with van der Waals surface area (Å²) in [5, 5.41) is 10.7. The molecule has 0 spiro atoms. The number of aromatic nitrogens is 2. The van der Waals surface area contributed by atoms with Gasteiger partial charge in [0, 0.05) is 30.5 Å². The van der Waals surface area contributed by atoms with Crippen molar-refractivity contribution in [3.63, 3.8) is 0 Å². The maximum absolute atomic E-state index is 13.1. The van der Waals surface area contributed by atoms with Gasteiger partial charge in [0.15, 0.2) is 11.5 Å². The SMILES string of the molecule is CCOc1ccc(C(=O)NC(=NCCc2c(C)nn(C)c2C)Nc2cccc(C)c2)cc1OCC. The summed E-state index contributed by atoms with van der Waals surface area (Å²) in [5.74, 6) is 1.24. The average Bonchev–Trinajstić information content (AvgIpc) is 3.06. The van der Waals surface area contributed by atoms with Crippen LogP contribution in [-0.4, -0.2) is 41.4 Å². The molecule has 0 unspecified atom stereocenters. The van der Waals surface area contributed by atoms with E-state index in [9.17, 15) is 4.79 Å². The largest absolute Gasteiger partial charge is 0.490 e. The second kappa shape index (κ2) is 12.1. The number of benzene rings is 2. The van der Waals surface area contributed by atoms with Gasteiger partial charge in [-0.3, -0.25) is 19.8 Å². The monoisotopic (exact) mass is 477 g/mol. The Labute approximate surface area is 207 Å². The number of guanidine groups is 1. The van der Waals surface area contributed by atoms with Gasteiger partial charge in [-0.2, -0.15) is 5.10 Å². The highest BCUT2D eigenvalue weighted by Gasteiger charge is 2.14. The van der Waals surface area contributed by atoms with E-state index in [4.69, 9.17) is 9.47 Å². The quantitative estimate of drug-likeness (QED) is 0.348. The Morgan fingerprint density at radius 2 is 1.77 bits per heavy atom. The molecule has 1 heterocycles. The minimum atomic E-state index is -0.290. The molecule has 8 nitrogen and oxygen atoms in total. The van der Waals surface area contributed by atoms with Crippen LogP contribution in [0.4, 0.5) is 5.69 Å². The second-order valence-corrected chi connectivity index (χ2v) is 8.23. The van der Waals surface area contributed by atoms with E-state index in [1.165, 1.54) is 5.56 Å². The Balaban J connectivity index is 1.82. The van der Waals surface area contributed by atoms with Crippen molar-refractivity contribution in [1.82, 2.24) is 15.1 Å². The number of hydrogen-bond donors (Lipinski definition) is 2. The van der Waals surface area contributed by atoms with Crippen LogP contribution in [-0.2, 0) is 13.5 Å². The summed E-state index contributed by atoms with van der Waals surface area (Å²) >= 11 is 0. The molecule has 2 N–H and O–H groups in total. The Kier molecular flexibility index (Phi) is 8.89. The van der Waals surface area contributed by atoms with E-state index in [0.717, 1.165) is 29.1 Å². The van der Waals surface area contributed by atoms with Crippen molar-refractivity contribution in [3.05, 3.63) is 70.5 Å². The van der Waals surface area contributed by atoms with Gasteiger partial charge in [0.1, 0.15) is 0 Å². The van der Waals surface area contributed by atoms with E-state index in [0.29, 0.717) is 42.8 Å². The number of hydrogen-bond acceptors (Lipinski definition) is 5. The fourth-order valence-electron chi connectivity index (χ4n) is 3.80. The average molecular weight is 478 g/mol. The summed E-state index contributed by atoms with van der Waals surface area (Å²) < 4.78 is 13.2. The van der Waals surface area contributed by atoms with Crippen molar-refractivity contribution >= 4 is 17.6 Å². The zero-order valence-corrected chi connectivity index (χ0v) is 21.4. The predicted molar refractivity (Wildman–Crippen MR) is 140 cm³/mol. The van der Waals surface area contributed by atoms with Gasteiger partial charge >= 0.3 is 0 Å². The number of carbonyl (C=O) groups excluding carboxylic acids is 1. The molecule has 2 aromatic carbocycles. The van der Waals surface area contributed by atoms with E-state index in [2.05, 4.69) is 27.6 Å². The van der Waals surface area contributed by atoms with Crippen molar-refractivity contribution in [2.45, 2.75) is 41.0 Å². The molecule has 0 aliphatic heterocycles. The van der Waals surface area contributed by atoms with Crippen LogP contribution in [0, 0.1) is 20.8 Å². The van der Waals surface area contributed by atoms with E-state index >= 15 is 0 Å². The molecular weight excluding hydrogens is 442 g/mol. The topological polar surface area (TPSA) is 89.8 Å². The number of carbonyl (C=O) groups is 1. The molecule has 0 radical (unpaired) electrons. The van der Waals surface area contributed by atoms with Crippen molar-refractivity contribution < 1.29 is 14.3 Å². The number of amides is 1. The number of nitrogens with zero attached hydrogens (tertiary/aromatic N) is 3. The van der Waals surface area contributed by atoms with E-state index in [1.54, 1.807) is 18.2 Å². The molecule has 0 atom stereocenters. The highest BCUT2D eigenvalue weighted by Crippen LogP contribution is 2.28. The van der Waals surface area contributed by atoms with Crippen molar-refractivity contribution in [1.29, 1.82) is 0 Å². The summed E-state index contributed by atoms with van der Waals surface area (Å²) in [4.78, 5) is 17.8. The van der Waals surface area contributed by atoms with Gasteiger partial charge in [0.2, 0.25) is 5.96 Å². The van der Waals surface area contributed by atoms with Gasteiger partial charge in [-0.15, -0.1) is 0 Å². The number of ether oxygens (including phenoxy) is 2. The van der Waals surface area contributed by atoms with Crippen LogP contribution in [0.2, 0.25) is 0 Å². The lowest BCUT2D eigenvalue weighted by molar-refractivity contribution is 0.0976. The molecule has 186 valence electrons. The molecule has 0 fully saturated rings. The first-order chi connectivity index (χ1) is 16.8. The normalized spacial score (nSPS) is 11.3. The standard InChI is InChI=1S/C27H35N5O3/c1-7-34-24-13-12-21(17-25(24)35-8-2)26(33)30-27(29-22-11-9-10-18(3)16-22)28-15-14-23-19(4)31-32(6)20(23)5/h9-13,16-17H,7-8,14-15H2,1-6H3,(H2,28,29,30,33). The maximum Gasteiger partial charge on any atom is 0.258 e. The van der Waals surface area contributed by atoms with Crippen LogP contribution in [0.5, 0.6) is 11.5 Å². The van der Waals surface area contributed by atoms with Gasteiger partial charge in [-0.1, -0.05) is 12.1 Å². The molecular formula is C27H35N5O3. The lowest BCUT2D eigenvalue weighted by Crippen LogP contribution is -2.36. The molecule has 35 heavy (non-hydrogen) atoms. The third-order valence-electron chi connectivity index (χ3n) is 5.61. The van der Waals surface area contributed by atoms with Crippen LogP contribution in [0.3, 0.4) is 0 Å². The molecule has 0 saturated carbocycles. The zero-order valence-electron chi connectivity index (χ0n) is 21.4. The predicted octanol–water partition coefficient (Wildman–Crippen LogP) is 4.58. The number of aryl methyl sites for hydroxylation is 3. The first-order valence-corrected chi connectivity index (χ1v) is 11.9. The van der Waals surface area contributed by atoms with Gasteiger partial charge in [-0.25, -0.2) is 0 Å². The highest BCUT2D eigenvalue weighted by molar-refractivity contribution is 6.10. The summed E-state index contributed by atoms with van der Waals surface area (Å²) in [6.45, 7) is 11.4. The molecule has 1 amide bonds. The van der Waals surface area contributed by atoms with Crippen LogP contribution >= 0.6 is 0 Å². The van der Waals surface area contributed by atoms with Crippen LogP contribution < -0.4 is 20.1 Å². The molecule has 0 aliphatic rings. The Morgan fingerprint density at radius 3 is 2.43 bits per heavy atom. The smallest absolute Gasteiger partial charge is 0.258 e. The summed E-state index contributed by atoms with van der Waals surface area (Å²) in [6, 6.07) is 13.1. The van der Waals surface area contributed by atoms with Gasteiger partial charge in [0.25, 0.3) is 5.91 Å². The first-order valence-electron chi connectivity index (χ1n) is 11.9. The van der Waals surface area contributed by atoms with Crippen LogP contribution in [0.1, 0.15) is 46.7 Å². The molecule has 0 aliphatic carbocycles. The number of nitrogens with one attached hydrogen (secondary N) is 2. The van der Waals surface area contributed by atoms with E-state index in [-0.39, 0.29) is 5.91 Å². The maximum atomic E-state index is 13.1. The molecule has 0 saturated heterocycles. The van der Waals surface area contributed by atoms with Crippen molar-refractivity contribution in [2.24, 2.45) is 12.0 Å². The van der Waals surface area contributed by atoms with Crippen molar-refractivity contribution in [2.75, 3.05) is 25.1 Å². The first kappa shape index (κ1) is 25.8. The third kappa shape index (κ3) is 6.85. The Bertz CT molecular complexity index is 1200. The lowest BCUT2D eigenvalue weighted by Gasteiger charge is -2.14. The van der Waals surface area contributed by atoms with Crippen LogP contribution in [0.15, 0.2) is 47.5 Å². The molecule has 3 aromatic rings. The van der Waals surface area contributed by atoms with Gasteiger partial charge in [0.05, 0.1) is 18.9 Å². The van der Waals surface area contributed by atoms with E-state index < -0.39 is 0 Å². The number of aliphatic imine (C=N–C) groups is 1. The highest BCUT2D eigenvalue weighted by atomic mass is 16.5. The van der Waals surface area contributed by atoms with E-state index in [1.807, 2.05) is 63.7 Å². The number of anilines is 1. The molecule has 3 rings (SSSR count). The Morgan fingerprint density at radius 1 is 1.03 bits per heavy atom. The fraction of sp³-hybridized carbons (Fsp3) is 0.370. The van der Waals surface area contributed by atoms with Gasteiger partial charge < -0.3 is 14.8 Å². The summed E-state index contributed by atoms with van der Waals surface area (Å²) in [6.07, 6.45) is 0.720. The fourth-order valence-corrected chi connectivity index (χ4v) is 3.80. The second-order valence-electron chi connectivity index (χ2n) is 8.23. The lowest BCUT2D eigenvalue weighted by atomic mass is 10.1.